The standard InChI is InChI=1S/C30H38S2/c1-19-20(2)28-18-30(32(7)8)26-14-10-12-24(16-26)23-11-9-13-25(15-23)29(31(5)6)17-27(19)21(3)22(28)4/h9-16,29-30H,17-18H2,1-8H3/q+2/t29-,30-/m0/s1. The topological polar surface area (TPSA) is 0 Å². The minimum Gasteiger partial charge on any atom is -0.0612 e. The number of rotatable bonds is 2. The number of hydrogen-bond acceptors (Lipinski definition) is 0. The van der Waals surface area contributed by atoms with E-state index in [4.69, 9.17) is 0 Å². The second kappa shape index (κ2) is 9.31. The van der Waals surface area contributed by atoms with Gasteiger partial charge in [-0.3, -0.25) is 0 Å². The van der Waals surface area contributed by atoms with Crippen molar-refractivity contribution in [2.45, 2.75) is 51.0 Å². The van der Waals surface area contributed by atoms with E-state index in [0.717, 1.165) is 12.8 Å². The van der Waals surface area contributed by atoms with Crippen molar-refractivity contribution in [3.63, 3.8) is 0 Å². The summed E-state index contributed by atoms with van der Waals surface area (Å²) in [5.74, 6) is 0. The van der Waals surface area contributed by atoms with E-state index in [1.165, 1.54) is 44.5 Å². The zero-order valence-corrected chi connectivity index (χ0v) is 22.6. The SMILES string of the molecule is Cc1c(C)c2c(C)c(C)c1C[C@H]([S+](C)C)c1cccc(c1)-c1cccc(c1)[C@@H]([S+](C)C)C2. The van der Waals surface area contributed by atoms with Gasteiger partial charge in [0.25, 0.3) is 0 Å². The highest BCUT2D eigenvalue weighted by atomic mass is 32.2. The average Bonchev–Trinajstić information content (AvgIpc) is 2.77. The van der Waals surface area contributed by atoms with Crippen LogP contribution in [0.1, 0.15) is 55.0 Å². The fourth-order valence-corrected chi connectivity index (χ4v) is 7.78. The number of benzene rings is 3. The Morgan fingerprint density at radius 1 is 0.562 bits per heavy atom. The first-order valence-corrected chi connectivity index (χ1v) is 15.8. The summed E-state index contributed by atoms with van der Waals surface area (Å²) in [4.78, 5) is 0. The summed E-state index contributed by atoms with van der Waals surface area (Å²) in [7, 11) is 0.588. The van der Waals surface area contributed by atoms with Crippen LogP contribution in [-0.4, -0.2) is 25.0 Å². The molecular formula is C30H38S2+2. The van der Waals surface area contributed by atoms with E-state index < -0.39 is 0 Å². The molecule has 0 aromatic heterocycles. The third kappa shape index (κ3) is 4.29. The van der Waals surface area contributed by atoms with Gasteiger partial charge in [0.15, 0.2) is 0 Å². The fraction of sp³-hybridized carbons (Fsp3) is 0.400. The van der Waals surface area contributed by atoms with Crippen LogP contribution in [0.25, 0.3) is 11.1 Å². The molecule has 0 fully saturated rings. The van der Waals surface area contributed by atoms with Crippen LogP contribution >= 0.6 is 0 Å². The lowest BCUT2D eigenvalue weighted by Crippen LogP contribution is -2.19. The van der Waals surface area contributed by atoms with Gasteiger partial charge in [0.05, 0.1) is 25.0 Å². The van der Waals surface area contributed by atoms with Gasteiger partial charge < -0.3 is 0 Å². The largest absolute Gasteiger partial charge is 0.146 e. The van der Waals surface area contributed by atoms with E-state index in [0.29, 0.717) is 32.3 Å². The Balaban J connectivity index is 2.03. The molecule has 2 heteroatoms. The van der Waals surface area contributed by atoms with Gasteiger partial charge in [-0.2, -0.15) is 0 Å². The van der Waals surface area contributed by atoms with Gasteiger partial charge in [-0.25, -0.2) is 0 Å². The summed E-state index contributed by atoms with van der Waals surface area (Å²) < 4.78 is 0. The molecule has 2 atom stereocenters. The van der Waals surface area contributed by atoms with Crippen molar-refractivity contribution in [3.8, 4) is 11.1 Å². The first-order valence-electron chi connectivity index (χ1n) is 11.6. The van der Waals surface area contributed by atoms with E-state index in [1.807, 2.05) is 0 Å². The molecule has 3 aromatic carbocycles. The van der Waals surface area contributed by atoms with Crippen LogP contribution in [0.2, 0.25) is 0 Å². The maximum Gasteiger partial charge on any atom is 0.146 e. The Labute approximate surface area is 201 Å². The molecule has 0 unspecified atom stereocenters. The molecule has 32 heavy (non-hydrogen) atoms. The monoisotopic (exact) mass is 462 g/mol. The molecule has 168 valence electrons. The van der Waals surface area contributed by atoms with Crippen LogP contribution in [0, 0.1) is 27.7 Å². The molecule has 2 aliphatic carbocycles. The number of fused-ring (bicyclic) bond motifs is 4. The van der Waals surface area contributed by atoms with Crippen molar-refractivity contribution in [1.29, 1.82) is 0 Å². The molecule has 0 radical (unpaired) electrons. The Morgan fingerprint density at radius 2 is 0.906 bits per heavy atom. The van der Waals surface area contributed by atoms with E-state index in [1.54, 1.807) is 11.1 Å². The molecule has 0 saturated carbocycles. The molecule has 0 saturated heterocycles. The van der Waals surface area contributed by atoms with E-state index in [2.05, 4.69) is 101 Å². The molecule has 6 bridgehead atoms. The van der Waals surface area contributed by atoms with Crippen molar-refractivity contribution >= 4 is 21.8 Å². The molecule has 2 aliphatic rings. The predicted octanol–water partition coefficient (Wildman–Crippen LogP) is 7.22. The summed E-state index contributed by atoms with van der Waals surface area (Å²) in [6.45, 7) is 9.49. The van der Waals surface area contributed by atoms with Gasteiger partial charge >= 0.3 is 0 Å². The van der Waals surface area contributed by atoms with Gasteiger partial charge in [0.2, 0.25) is 0 Å². The van der Waals surface area contributed by atoms with E-state index in [-0.39, 0.29) is 0 Å². The Bertz CT molecular complexity index is 1020. The summed E-state index contributed by atoms with van der Waals surface area (Å²) in [5, 5.41) is 1.10. The van der Waals surface area contributed by atoms with Gasteiger partial charge in [-0.15, -0.1) is 0 Å². The molecular weight excluding hydrogens is 424 g/mol. The minimum absolute atomic E-state index is 0.294. The van der Waals surface area contributed by atoms with Crippen molar-refractivity contribution in [2.24, 2.45) is 0 Å². The lowest BCUT2D eigenvalue weighted by molar-refractivity contribution is 0.868. The van der Waals surface area contributed by atoms with Crippen LogP contribution < -0.4 is 0 Å². The summed E-state index contributed by atoms with van der Waals surface area (Å²) in [5.41, 5.74) is 14.9. The smallest absolute Gasteiger partial charge is 0.0612 e. The van der Waals surface area contributed by atoms with Gasteiger partial charge in [0.1, 0.15) is 10.5 Å². The van der Waals surface area contributed by atoms with E-state index >= 15 is 0 Å². The van der Waals surface area contributed by atoms with Crippen molar-refractivity contribution in [2.75, 3.05) is 25.0 Å². The first-order chi connectivity index (χ1) is 15.2. The second-order valence-corrected chi connectivity index (χ2v) is 14.5. The maximum atomic E-state index is 2.47. The van der Waals surface area contributed by atoms with E-state index in [9.17, 15) is 0 Å². The third-order valence-corrected chi connectivity index (χ3v) is 10.9. The first kappa shape index (κ1) is 23.5. The highest BCUT2D eigenvalue weighted by Crippen LogP contribution is 2.38. The molecule has 0 aliphatic heterocycles. The molecule has 0 nitrogen and oxygen atoms in total. The molecule has 3 aromatic rings. The lowest BCUT2D eigenvalue weighted by atomic mass is 9.83. The van der Waals surface area contributed by atoms with Crippen LogP contribution in [0.15, 0.2) is 48.5 Å². The Hall–Kier alpha value is -1.64. The van der Waals surface area contributed by atoms with Gasteiger partial charge in [-0.1, -0.05) is 36.4 Å². The zero-order chi connectivity index (χ0) is 23.2. The summed E-state index contributed by atoms with van der Waals surface area (Å²) in [6.07, 6.45) is 11.9. The summed E-state index contributed by atoms with van der Waals surface area (Å²) in [6, 6.07) is 18.8. The predicted molar refractivity (Wildman–Crippen MR) is 149 cm³/mol. The van der Waals surface area contributed by atoms with Crippen molar-refractivity contribution in [3.05, 3.63) is 93.0 Å². The average molecular weight is 463 g/mol. The van der Waals surface area contributed by atoms with Crippen LogP contribution in [0.5, 0.6) is 0 Å². The molecule has 0 spiro atoms. The fourth-order valence-electron chi connectivity index (χ4n) is 5.40. The Morgan fingerprint density at radius 3 is 1.22 bits per heavy atom. The quantitative estimate of drug-likeness (QED) is 0.353. The van der Waals surface area contributed by atoms with Gasteiger partial charge in [0, 0.05) is 24.0 Å². The van der Waals surface area contributed by atoms with Crippen LogP contribution in [0.4, 0.5) is 0 Å². The lowest BCUT2D eigenvalue weighted by Gasteiger charge is -2.25. The summed E-state index contributed by atoms with van der Waals surface area (Å²) >= 11 is 0. The molecule has 0 amide bonds. The maximum absolute atomic E-state index is 2.47. The molecule has 0 N–H and O–H groups in total. The van der Waals surface area contributed by atoms with Crippen molar-refractivity contribution in [1.82, 2.24) is 0 Å². The Kier molecular flexibility index (Phi) is 6.84. The molecule has 5 rings (SSSR count). The highest BCUT2D eigenvalue weighted by Gasteiger charge is 2.31. The molecule has 0 heterocycles. The minimum atomic E-state index is 0.294. The van der Waals surface area contributed by atoms with Gasteiger partial charge in [-0.05, 0) is 106 Å². The second-order valence-electron chi connectivity index (χ2n) is 9.85. The third-order valence-electron chi connectivity index (χ3n) is 7.70. The van der Waals surface area contributed by atoms with Crippen LogP contribution in [-0.2, 0) is 34.6 Å². The number of hydrogen-bond donors (Lipinski definition) is 0. The normalized spacial score (nSPS) is 18.3. The van der Waals surface area contributed by atoms with Crippen LogP contribution in [0.3, 0.4) is 0 Å². The zero-order valence-electron chi connectivity index (χ0n) is 21.0. The van der Waals surface area contributed by atoms with Crippen molar-refractivity contribution < 1.29 is 0 Å². The highest BCUT2D eigenvalue weighted by molar-refractivity contribution is 7.96.